The van der Waals surface area contributed by atoms with E-state index in [1.807, 2.05) is 0 Å². The number of carbonyl (C=O) groups is 1. The maximum absolute atomic E-state index is 12.9. The summed E-state index contributed by atoms with van der Waals surface area (Å²) in [5.74, 6) is -0.0276. The Morgan fingerprint density at radius 2 is 2.23 bits per heavy atom. The maximum atomic E-state index is 12.9. The summed E-state index contributed by atoms with van der Waals surface area (Å²) in [6, 6.07) is 5.81. The van der Waals surface area contributed by atoms with Gasteiger partial charge in [0.05, 0.1) is 23.7 Å². The molecule has 1 fully saturated rings. The first kappa shape index (κ1) is 16.7. The molecule has 1 N–H and O–H groups in total. The number of sulfone groups is 1. The zero-order chi connectivity index (χ0) is 16.2. The van der Waals surface area contributed by atoms with Gasteiger partial charge in [0.15, 0.2) is 9.84 Å². The van der Waals surface area contributed by atoms with Crippen molar-refractivity contribution < 1.29 is 22.3 Å². The normalized spacial score (nSPS) is 23.2. The van der Waals surface area contributed by atoms with Crippen LogP contribution >= 0.6 is 0 Å². The molecule has 1 heterocycles. The molecule has 2 rings (SSSR count). The Kier molecular flexibility index (Phi) is 5.05. The van der Waals surface area contributed by atoms with Gasteiger partial charge in [-0.2, -0.15) is 0 Å². The number of halogens is 1. The third-order valence-corrected chi connectivity index (χ3v) is 5.46. The van der Waals surface area contributed by atoms with E-state index in [1.54, 1.807) is 19.1 Å². The molecule has 0 bridgehead atoms. The SMILES string of the molecule is CC1(NC(=O)CCCOc2cccc(F)c2)CCS(=O)(=O)C1. The van der Waals surface area contributed by atoms with Crippen molar-refractivity contribution in [2.75, 3.05) is 18.1 Å². The van der Waals surface area contributed by atoms with E-state index in [4.69, 9.17) is 4.74 Å². The van der Waals surface area contributed by atoms with E-state index in [1.165, 1.54) is 12.1 Å². The van der Waals surface area contributed by atoms with Gasteiger partial charge < -0.3 is 10.1 Å². The van der Waals surface area contributed by atoms with Gasteiger partial charge in [-0.1, -0.05) is 6.07 Å². The molecule has 0 radical (unpaired) electrons. The molecule has 1 aromatic carbocycles. The molecule has 1 saturated heterocycles. The van der Waals surface area contributed by atoms with Crippen LogP contribution in [0.25, 0.3) is 0 Å². The number of rotatable bonds is 6. The van der Waals surface area contributed by atoms with Crippen LogP contribution in [0.3, 0.4) is 0 Å². The van der Waals surface area contributed by atoms with Crippen LogP contribution in [-0.4, -0.2) is 38.0 Å². The van der Waals surface area contributed by atoms with Crippen molar-refractivity contribution in [3.63, 3.8) is 0 Å². The summed E-state index contributed by atoms with van der Waals surface area (Å²) in [5.41, 5.74) is -0.667. The second-order valence-corrected chi connectivity index (χ2v) is 8.04. The fourth-order valence-electron chi connectivity index (χ4n) is 2.49. The van der Waals surface area contributed by atoms with E-state index in [0.29, 0.717) is 25.2 Å². The monoisotopic (exact) mass is 329 g/mol. The number of benzene rings is 1. The Morgan fingerprint density at radius 3 is 2.86 bits per heavy atom. The Hall–Kier alpha value is -1.63. The zero-order valence-corrected chi connectivity index (χ0v) is 13.3. The van der Waals surface area contributed by atoms with Gasteiger partial charge in [-0.15, -0.1) is 0 Å². The van der Waals surface area contributed by atoms with E-state index in [2.05, 4.69) is 5.32 Å². The van der Waals surface area contributed by atoms with Crippen LogP contribution in [0.1, 0.15) is 26.2 Å². The molecule has 0 saturated carbocycles. The Balaban J connectivity index is 1.70. The fraction of sp³-hybridized carbons (Fsp3) is 0.533. The molecule has 22 heavy (non-hydrogen) atoms. The van der Waals surface area contributed by atoms with Gasteiger partial charge in [0, 0.05) is 12.5 Å². The Morgan fingerprint density at radius 1 is 1.45 bits per heavy atom. The largest absolute Gasteiger partial charge is 0.493 e. The summed E-state index contributed by atoms with van der Waals surface area (Å²) < 4.78 is 41.2. The van der Waals surface area contributed by atoms with Crippen LogP contribution < -0.4 is 10.1 Å². The van der Waals surface area contributed by atoms with Crippen molar-refractivity contribution in [1.82, 2.24) is 5.32 Å². The fourth-order valence-corrected chi connectivity index (χ4v) is 4.58. The molecule has 0 spiro atoms. The van der Waals surface area contributed by atoms with Gasteiger partial charge >= 0.3 is 0 Å². The van der Waals surface area contributed by atoms with Gasteiger partial charge in [-0.05, 0) is 31.9 Å². The molecule has 1 aromatic rings. The number of hydrogen-bond donors (Lipinski definition) is 1. The van der Waals surface area contributed by atoms with E-state index in [-0.39, 0.29) is 29.7 Å². The standard InChI is InChI=1S/C15H20FNO4S/c1-15(7-9-22(19,20)11-15)17-14(18)6-3-8-21-13-5-2-4-12(16)10-13/h2,4-5,10H,3,6-9,11H2,1H3,(H,17,18). The number of nitrogens with one attached hydrogen (secondary N) is 1. The van der Waals surface area contributed by atoms with Crippen molar-refractivity contribution in [1.29, 1.82) is 0 Å². The molecule has 122 valence electrons. The average molecular weight is 329 g/mol. The molecule has 0 aromatic heterocycles. The lowest BCUT2D eigenvalue weighted by molar-refractivity contribution is -0.122. The van der Waals surface area contributed by atoms with Gasteiger partial charge in [0.25, 0.3) is 0 Å². The van der Waals surface area contributed by atoms with Crippen LogP contribution in [0.2, 0.25) is 0 Å². The van der Waals surface area contributed by atoms with E-state index >= 15 is 0 Å². The Bertz CT molecular complexity index is 647. The summed E-state index contributed by atoms with van der Waals surface area (Å²) in [5, 5.41) is 2.78. The Labute approximate surface area is 129 Å². The minimum Gasteiger partial charge on any atom is -0.493 e. The number of carbonyl (C=O) groups excluding carboxylic acids is 1. The predicted molar refractivity (Wildman–Crippen MR) is 80.9 cm³/mol. The smallest absolute Gasteiger partial charge is 0.220 e. The van der Waals surface area contributed by atoms with E-state index in [9.17, 15) is 17.6 Å². The number of hydrogen-bond acceptors (Lipinski definition) is 4. The van der Waals surface area contributed by atoms with Gasteiger partial charge in [-0.25, -0.2) is 12.8 Å². The first-order valence-corrected chi connectivity index (χ1v) is 9.00. The molecule has 1 amide bonds. The van der Waals surface area contributed by atoms with E-state index in [0.717, 1.165) is 0 Å². The molecular formula is C15H20FNO4S. The second-order valence-electron chi connectivity index (χ2n) is 5.86. The quantitative estimate of drug-likeness (QED) is 0.806. The highest BCUT2D eigenvalue weighted by Gasteiger charge is 2.39. The molecular weight excluding hydrogens is 309 g/mol. The lowest BCUT2D eigenvalue weighted by Crippen LogP contribution is -2.46. The van der Waals surface area contributed by atoms with Gasteiger partial charge in [0.2, 0.25) is 5.91 Å². The average Bonchev–Trinajstić information content (AvgIpc) is 2.68. The van der Waals surface area contributed by atoms with Crippen LogP contribution in [-0.2, 0) is 14.6 Å². The molecule has 1 atom stereocenters. The van der Waals surface area contributed by atoms with Crippen molar-refractivity contribution in [3.8, 4) is 5.75 Å². The maximum Gasteiger partial charge on any atom is 0.220 e. The lowest BCUT2D eigenvalue weighted by Gasteiger charge is -2.23. The summed E-state index contributed by atoms with van der Waals surface area (Å²) in [7, 11) is -3.04. The molecule has 1 unspecified atom stereocenters. The van der Waals surface area contributed by atoms with Crippen molar-refractivity contribution in [2.45, 2.75) is 31.7 Å². The highest BCUT2D eigenvalue weighted by Crippen LogP contribution is 2.23. The lowest BCUT2D eigenvalue weighted by atomic mass is 10.0. The van der Waals surface area contributed by atoms with Crippen LogP contribution in [0, 0.1) is 5.82 Å². The number of amides is 1. The van der Waals surface area contributed by atoms with Crippen molar-refractivity contribution in [2.24, 2.45) is 0 Å². The minimum atomic E-state index is -3.04. The van der Waals surface area contributed by atoms with Crippen molar-refractivity contribution >= 4 is 15.7 Å². The highest BCUT2D eigenvalue weighted by molar-refractivity contribution is 7.91. The van der Waals surface area contributed by atoms with Crippen LogP contribution in [0.4, 0.5) is 4.39 Å². The summed E-state index contributed by atoms with van der Waals surface area (Å²) >= 11 is 0. The van der Waals surface area contributed by atoms with Crippen molar-refractivity contribution in [3.05, 3.63) is 30.1 Å². The molecule has 1 aliphatic heterocycles. The van der Waals surface area contributed by atoms with Crippen LogP contribution in [0.5, 0.6) is 5.75 Å². The third-order valence-electron chi connectivity index (χ3n) is 3.56. The summed E-state index contributed by atoms with van der Waals surface area (Å²) in [4.78, 5) is 11.9. The summed E-state index contributed by atoms with van der Waals surface area (Å²) in [6.45, 7) is 2.05. The molecule has 1 aliphatic rings. The number of ether oxygens (including phenoxy) is 1. The van der Waals surface area contributed by atoms with Crippen LogP contribution in [0.15, 0.2) is 24.3 Å². The molecule has 7 heteroatoms. The van der Waals surface area contributed by atoms with Gasteiger partial charge in [-0.3, -0.25) is 4.79 Å². The second kappa shape index (κ2) is 6.64. The predicted octanol–water partition coefficient (Wildman–Crippen LogP) is 1.68. The topological polar surface area (TPSA) is 72.5 Å². The van der Waals surface area contributed by atoms with Gasteiger partial charge in [0.1, 0.15) is 11.6 Å². The minimum absolute atomic E-state index is 0.00840. The zero-order valence-electron chi connectivity index (χ0n) is 12.5. The third kappa shape index (κ3) is 4.98. The van der Waals surface area contributed by atoms with E-state index < -0.39 is 15.4 Å². The molecule has 0 aliphatic carbocycles. The summed E-state index contributed by atoms with van der Waals surface area (Å²) in [6.07, 6.45) is 1.16. The first-order valence-electron chi connectivity index (χ1n) is 7.18. The highest BCUT2D eigenvalue weighted by atomic mass is 32.2. The first-order chi connectivity index (χ1) is 10.3. The molecule has 5 nitrogen and oxygen atoms in total.